The molecule has 4 rings (SSSR count). The number of anilines is 1. The minimum Gasteiger partial charge on any atom is -0.484 e. The van der Waals surface area contributed by atoms with E-state index in [1.165, 1.54) is 0 Å². The average molecular weight is 367 g/mol. The summed E-state index contributed by atoms with van der Waals surface area (Å²) in [7, 11) is 0. The molecule has 6 nitrogen and oxygen atoms in total. The minimum absolute atomic E-state index is 0.0210. The Bertz CT molecular complexity index is 783. The first kappa shape index (κ1) is 17.8. The normalized spacial score (nSPS) is 23.9. The second-order valence-corrected chi connectivity index (χ2v) is 7.24. The zero-order valence-electron chi connectivity index (χ0n) is 15.5. The van der Waals surface area contributed by atoms with Crippen LogP contribution in [0.2, 0.25) is 0 Å². The summed E-state index contributed by atoms with van der Waals surface area (Å²) in [6, 6.07) is 13.6. The van der Waals surface area contributed by atoms with Crippen molar-refractivity contribution in [3.05, 3.63) is 54.2 Å². The van der Waals surface area contributed by atoms with Crippen molar-refractivity contribution in [2.24, 2.45) is 11.8 Å². The van der Waals surface area contributed by atoms with Crippen molar-refractivity contribution in [3.8, 4) is 5.75 Å². The molecular weight excluding hydrogens is 342 g/mol. The van der Waals surface area contributed by atoms with Crippen molar-refractivity contribution in [2.45, 2.75) is 13.0 Å². The molecule has 0 unspecified atom stereocenters. The number of hydrogen-bond donors (Lipinski definition) is 1. The molecule has 3 atom stereocenters. The smallest absolute Gasteiger partial charge is 0.260 e. The summed E-state index contributed by atoms with van der Waals surface area (Å²) >= 11 is 0. The summed E-state index contributed by atoms with van der Waals surface area (Å²) in [6.45, 7) is 4.97. The van der Waals surface area contributed by atoms with Crippen molar-refractivity contribution < 1.29 is 14.3 Å². The number of para-hydroxylation sites is 1. The number of rotatable bonds is 6. The van der Waals surface area contributed by atoms with Crippen LogP contribution in [0, 0.1) is 18.8 Å². The third-order valence-corrected chi connectivity index (χ3v) is 5.45. The molecule has 1 N–H and O–H groups in total. The van der Waals surface area contributed by atoms with Crippen LogP contribution in [0.3, 0.4) is 0 Å². The van der Waals surface area contributed by atoms with Crippen molar-refractivity contribution in [1.29, 1.82) is 0 Å². The summed E-state index contributed by atoms with van der Waals surface area (Å²) in [6.07, 6.45) is 1.91. The Morgan fingerprint density at radius 3 is 2.93 bits per heavy atom. The van der Waals surface area contributed by atoms with Gasteiger partial charge in [0.1, 0.15) is 11.6 Å². The van der Waals surface area contributed by atoms with Crippen LogP contribution >= 0.6 is 0 Å². The summed E-state index contributed by atoms with van der Waals surface area (Å²) in [5.41, 5.74) is 1.03. The van der Waals surface area contributed by atoms with Gasteiger partial charge in [0.15, 0.2) is 6.61 Å². The summed E-state index contributed by atoms with van der Waals surface area (Å²) in [5, 5.41) is 3.38. The number of nitrogens with one attached hydrogen (secondary N) is 1. The summed E-state index contributed by atoms with van der Waals surface area (Å²) in [5.74, 6) is 2.40. The SMILES string of the molecule is Cc1ccccc1OCC(=O)N1C[C@H]2[C@H](CNc3ccccn3)CO[C@H]2C1. The van der Waals surface area contributed by atoms with E-state index in [1.54, 1.807) is 6.20 Å². The molecule has 0 spiro atoms. The maximum Gasteiger partial charge on any atom is 0.260 e. The van der Waals surface area contributed by atoms with Crippen LogP contribution in [0.25, 0.3) is 0 Å². The molecule has 0 radical (unpaired) electrons. The van der Waals surface area contributed by atoms with Gasteiger partial charge in [-0.3, -0.25) is 4.79 Å². The third-order valence-electron chi connectivity index (χ3n) is 5.45. The Morgan fingerprint density at radius 1 is 1.26 bits per heavy atom. The van der Waals surface area contributed by atoms with Gasteiger partial charge in [-0.1, -0.05) is 24.3 Å². The van der Waals surface area contributed by atoms with Crippen LogP contribution in [0.15, 0.2) is 48.7 Å². The summed E-state index contributed by atoms with van der Waals surface area (Å²) < 4.78 is 11.7. The van der Waals surface area contributed by atoms with Crippen LogP contribution in [-0.4, -0.2) is 54.7 Å². The number of aromatic nitrogens is 1. The average Bonchev–Trinajstić information content (AvgIpc) is 3.27. The van der Waals surface area contributed by atoms with Gasteiger partial charge in [-0.25, -0.2) is 4.98 Å². The van der Waals surface area contributed by atoms with Crippen LogP contribution < -0.4 is 10.1 Å². The molecule has 0 bridgehead atoms. The minimum atomic E-state index is 0.0210. The largest absolute Gasteiger partial charge is 0.484 e. The topological polar surface area (TPSA) is 63.7 Å². The number of aryl methyl sites for hydroxylation is 1. The van der Waals surface area contributed by atoms with Gasteiger partial charge in [-0.05, 0) is 30.7 Å². The maximum absolute atomic E-state index is 12.6. The predicted octanol–water partition coefficient (Wildman–Crippen LogP) is 2.35. The number of carbonyl (C=O) groups is 1. The Kier molecular flexibility index (Phi) is 5.25. The molecule has 1 amide bonds. The van der Waals surface area contributed by atoms with Crippen LogP contribution in [-0.2, 0) is 9.53 Å². The lowest BCUT2D eigenvalue weighted by molar-refractivity contribution is -0.133. The quantitative estimate of drug-likeness (QED) is 0.849. The van der Waals surface area contributed by atoms with Crippen molar-refractivity contribution >= 4 is 11.7 Å². The highest BCUT2D eigenvalue weighted by Crippen LogP contribution is 2.34. The first-order valence-corrected chi connectivity index (χ1v) is 9.43. The van der Waals surface area contributed by atoms with E-state index in [0.29, 0.717) is 18.4 Å². The molecule has 3 heterocycles. The van der Waals surface area contributed by atoms with Gasteiger partial charge in [-0.15, -0.1) is 0 Å². The van der Waals surface area contributed by atoms with E-state index in [2.05, 4.69) is 10.3 Å². The molecule has 1 aromatic carbocycles. The molecule has 2 saturated heterocycles. The number of amides is 1. The monoisotopic (exact) mass is 367 g/mol. The standard InChI is InChI=1S/C21H25N3O3/c1-15-6-2-3-7-18(15)27-14-21(25)24-11-17-16(13-26-19(17)12-24)10-23-20-8-4-5-9-22-20/h2-9,16-17,19H,10-14H2,1H3,(H,22,23)/t16-,17+,19+/m1/s1. The van der Waals surface area contributed by atoms with E-state index in [1.807, 2.05) is 54.3 Å². The van der Waals surface area contributed by atoms with Crippen molar-refractivity contribution in [1.82, 2.24) is 9.88 Å². The Hall–Kier alpha value is -2.60. The van der Waals surface area contributed by atoms with Crippen molar-refractivity contribution in [2.75, 3.05) is 38.2 Å². The third kappa shape index (κ3) is 4.06. The van der Waals surface area contributed by atoms with Crippen LogP contribution in [0.4, 0.5) is 5.82 Å². The number of hydrogen-bond acceptors (Lipinski definition) is 5. The first-order chi connectivity index (χ1) is 13.2. The molecule has 1 aromatic heterocycles. The lowest BCUT2D eigenvalue weighted by Gasteiger charge is -2.20. The van der Waals surface area contributed by atoms with Crippen molar-refractivity contribution in [3.63, 3.8) is 0 Å². The molecule has 142 valence electrons. The first-order valence-electron chi connectivity index (χ1n) is 9.43. The Balaban J connectivity index is 1.28. The molecule has 6 heteroatoms. The fourth-order valence-electron chi connectivity index (χ4n) is 3.86. The van der Waals surface area contributed by atoms with Crippen LogP contribution in [0.1, 0.15) is 5.56 Å². The van der Waals surface area contributed by atoms with Crippen LogP contribution in [0.5, 0.6) is 5.75 Å². The zero-order chi connectivity index (χ0) is 18.6. The molecule has 2 fully saturated rings. The van der Waals surface area contributed by atoms with E-state index >= 15 is 0 Å². The molecule has 2 aliphatic rings. The summed E-state index contributed by atoms with van der Waals surface area (Å²) in [4.78, 5) is 18.7. The molecular formula is C21H25N3O3. The van der Waals surface area contributed by atoms with E-state index in [4.69, 9.17) is 9.47 Å². The van der Waals surface area contributed by atoms with Gasteiger partial charge < -0.3 is 19.7 Å². The zero-order valence-corrected chi connectivity index (χ0v) is 15.5. The van der Waals surface area contributed by atoms with E-state index < -0.39 is 0 Å². The second-order valence-electron chi connectivity index (χ2n) is 7.24. The number of pyridine rings is 1. The highest BCUT2D eigenvalue weighted by Gasteiger charge is 2.45. The fraction of sp³-hybridized carbons (Fsp3) is 0.429. The van der Waals surface area contributed by atoms with Gasteiger partial charge in [0, 0.05) is 37.7 Å². The fourth-order valence-corrected chi connectivity index (χ4v) is 3.86. The lowest BCUT2D eigenvalue weighted by atomic mass is 9.93. The van der Waals surface area contributed by atoms with Gasteiger partial charge >= 0.3 is 0 Å². The van der Waals surface area contributed by atoms with Gasteiger partial charge in [0.25, 0.3) is 5.91 Å². The molecule has 0 aliphatic carbocycles. The van der Waals surface area contributed by atoms with Gasteiger partial charge in [-0.2, -0.15) is 0 Å². The predicted molar refractivity (Wildman–Crippen MR) is 103 cm³/mol. The maximum atomic E-state index is 12.6. The van der Waals surface area contributed by atoms with E-state index in [9.17, 15) is 4.79 Å². The number of nitrogens with zero attached hydrogens (tertiary/aromatic N) is 2. The number of fused-ring (bicyclic) bond motifs is 1. The highest BCUT2D eigenvalue weighted by atomic mass is 16.5. The molecule has 2 aliphatic heterocycles. The van der Waals surface area contributed by atoms with E-state index in [0.717, 1.165) is 36.8 Å². The Morgan fingerprint density at radius 2 is 2.11 bits per heavy atom. The molecule has 27 heavy (non-hydrogen) atoms. The van der Waals surface area contributed by atoms with Gasteiger partial charge in [0.2, 0.25) is 0 Å². The molecule has 0 saturated carbocycles. The second kappa shape index (κ2) is 7.96. The van der Waals surface area contributed by atoms with Gasteiger partial charge in [0.05, 0.1) is 12.7 Å². The van der Waals surface area contributed by atoms with E-state index in [-0.39, 0.29) is 18.6 Å². The molecule has 2 aromatic rings. The lowest BCUT2D eigenvalue weighted by Crippen LogP contribution is -2.35. The number of benzene rings is 1. The number of likely N-dealkylation sites (tertiary alicyclic amines) is 1. The Labute approximate surface area is 159 Å². The number of carbonyl (C=O) groups excluding carboxylic acids is 1. The highest BCUT2D eigenvalue weighted by molar-refractivity contribution is 5.78. The number of ether oxygens (including phenoxy) is 2.